The first-order valence-corrected chi connectivity index (χ1v) is 6.22. The second-order valence-corrected chi connectivity index (χ2v) is 4.46. The minimum Gasteiger partial charge on any atom is -0.489 e. The third-order valence-electron chi connectivity index (χ3n) is 2.71. The highest BCUT2D eigenvalue weighted by atomic mass is 35.5. The molecule has 0 fully saturated rings. The molecule has 0 bridgehead atoms. The summed E-state index contributed by atoms with van der Waals surface area (Å²) in [7, 11) is 0. The molecule has 0 saturated heterocycles. The van der Waals surface area contributed by atoms with Crippen molar-refractivity contribution in [3.05, 3.63) is 64.4 Å². The van der Waals surface area contributed by atoms with Crippen molar-refractivity contribution in [3.8, 4) is 5.75 Å². The van der Waals surface area contributed by atoms with E-state index in [1.54, 1.807) is 6.07 Å². The lowest BCUT2D eigenvalue weighted by Gasteiger charge is -2.08. The molecule has 0 aliphatic carbocycles. The Morgan fingerprint density at radius 1 is 1.17 bits per heavy atom. The maximum absolute atomic E-state index is 13.5. The summed E-state index contributed by atoms with van der Waals surface area (Å²) >= 11 is 5.82. The molecule has 1 nitrogen and oxygen atoms in total. The van der Waals surface area contributed by atoms with Crippen molar-refractivity contribution in [1.82, 2.24) is 0 Å². The molecule has 0 amide bonds. The molecule has 0 radical (unpaired) electrons. The van der Waals surface area contributed by atoms with E-state index < -0.39 is 0 Å². The largest absolute Gasteiger partial charge is 0.489 e. The van der Waals surface area contributed by atoms with Crippen LogP contribution in [-0.4, -0.2) is 0 Å². The average Bonchev–Trinajstić information content (AvgIpc) is 2.40. The molecule has 0 aliphatic heterocycles. The van der Waals surface area contributed by atoms with Crippen LogP contribution in [0.15, 0.2) is 42.5 Å². The number of hydrogen-bond acceptors (Lipinski definition) is 1. The fourth-order valence-electron chi connectivity index (χ4n) is 1.67. The number of ether oxygens (including phenoxy) is 1. The first-order valence-electron chi connectivity index (χ1n) is 5.84. The number of hydrogen-bond donors (Lipinski definition) is 0. The Kier molecular flexibility index (Phi) is 4.21. The van der Waals surface area contributed by atoms with E-state index in [0.29, 0.717) is 10.6 Å². The molecular formula is C15H14ClFO. The molecule has 2 aromatic carbocycles. The maximum atomic E-state index is 13.5. The van der Waals surface area contributed by atoms with Crippen molar-refractivity contribution < 1.29 is 9.13 Å². The molecule has 0 aromatic heterocycles. The Labute approximate surface area is 111 Å². The molecule has 0 N–H and O–H groups in total. The standard InChI is InChI=1S/C15H14ClFO/c1-2-11-4-3-5-14(8-11)18-10-12-9-13(16)6-7-15(12)17/h3-9H,2,10H2,1H3. The van der Waals surface area contributed by atoms with Crippen molar-refractivity contribution in [3.63, 3.8) is 0 Å². The van der Waals surface area contributed by atoms with Crippen LogP contribution < -0.4 is 4.74 Å². The van der Waals surface area contributed by atoms with Gasteiger partial charge in [-0.2, -0.15) is 0 Å². The molecule has 94 valence electrons. The third kappa shape index (κ3) is 3.23. The Bertz CT molecular complexity index is 540. The molecule has 0 saturated carbocycles. The highest BCUT2D eigenvalue weighted by Gasteiger charge is 2.04. The van der Waals surface area contributed by atoms with Crippen LogP contribution in [0.25, 0.3) is 0 Å². The number of rotatable bonds is 4. The topological polar surface area (TPSA) is 9.23 Å². The van der Waals surface area contributed by atoms with Crippen molar-refractivity contribution in [1.29, 1.82) is 0 Å². The Morgan fingerprint density at radius 3 is 2.78 bits per heavy atom. The molecule has 0 atom stereocenters. The molecule has 18 heavy (non-hydrogen) atoms. The summed E-state index contributed by atoms with van der Waals surface area (Å²) in [4.78, 5) is 0. The van der Waals surface area contributed by atoms with Crippen LogP contribution in [-0.2, 0) is 13.0 Å². The van der Waals surface area contributed by atoms with Gasteiger partial charge in [0, 0.05) is 10.6 Å². The van der Waals surface area contributed by atoms with Crippen molar-refractivity contribution in [2.24, 2.45) is 0 Å². The minimum absolute atomic E-state index is 0.180. The predicted octanol–water partition coefficient (Wildman–Crippen LogP) is 4.62. The van der Waals surface area contributed by atoms with E-state index in [1.807, 2.05) is 24.3 Å². The first kappa shape index (κ1) is 12.9. The van der Waals surface area contributed by atoms with Gasteiger partial charge in [0.25, 0.3) is 0 Å². The van der Waals surface area contributed by atoms with Crippen LogP contribution in [0.2, 0.25) is 5.02 Å². The summed E-state index contributed by atoms with van der Waals surface area (Å²) in [5.41, 5.74) is 1.66. The lowest BCUT2D eigenvalue weighted by Crippen LogP contribution is -1.98. The Morgan fingerprint density at radius 2 is 2.00 bits per heavy atom. The van der Waals surface area contributed by atoms with Gasteiger partial charge in [-0.05, 0) is 42.3 Å². The fraction of sp³-hybridized carbons (Fsp3) is 0.200. The zero-order chi connectivity index (χ0) is 13.0. The molecule has 0 heterocycles. The lowest BCUT2D eigenvalue weighted by molar-refractivity contribution is 0.299. The second-order valence-electron chi connectivity index (χ2n) is 4.03. The molecule has 0 unspecified atom stereocenters. The van der Waals surface area contributed by atoms with E-state index in [1.165, 1.54) is 17.7 Å². The highest BCUT2D eigenvalue weighted by molar-refractivity contribution is 6.30. The number of benzene rings is 2. The molecule has 2 rings (SSSR count). The van der Waals surface area contributed by atoms with Crippen LogP contribution in [0.5, 0.6) is 5.75 Å². The molecule has 3 heteroatoms. The molecule has 2 aromatic rings. The van der Waals surface area contributed by atoms with Gasteiger partial charge in [0.2, 0.25) is 0 Å². The van der Waals surface area contributed by atoms with Crippen LogP contribution in [0, 0.1) is 5.82 Å². The maximum Gasteiger partial charge on any atom is 0.129 e. The van der Waals surface area contributed by atoms with Crippen LogP contribution in [0.1, 0.15) is 18.1 Å². The Balaban J connectivity index is 2.08. The number of halogens is 2. The zero-order valence-corrected chi connectivity index (χ0v) is 10.9. The molecule has 0 spiro atoms. The van der Waals surface area contributed by atoms with Crippen molar-refractivity contribution in [2.75, 3.05) is 0 Å². The average molecular weight is 265 g/mol. The van der Waals surface area contributed by atoms with Gasteiger partial charge in [0.05, 0.1) is 0 Å². The smallest absolute Gasteiger partial charge is 0.129 e. The van der Waals surface area contributed by atoms with Crippen LogP contribution >= 0.6 is 11.6 Å². The quantitative estimate of drug-likeness (QED) is 0.783. The zero-order valence-electron chi connectivity index (χ0n) is 10.1. The molecule has 0 aliphatic rings. The van der Waals surface area contributed by atoms with Gasteiger partial charge in [-0.25, -0.2) is 4.39 Å². The van der Waals surface area contributed by atoms with E-state index >= 15 is 0 Å². The van der Waals surface area contributed by atoms with E-state index in [9.17, 15) is 4.39 Å². The van der Waals surface area contributed by atoms with E-state index in [2.05, 4.69) is 6.92 Å². The third-order valence-corrected chi connectivity index (χ3v) is 2.94. The summed E-state index contributed by atoms with van der Waals surface area (Å²) in [6.07, 6.45) is 0.947. The van der Waals surface area contributed by atoms with Gasteiger partial charge in [0.1, 0.15) is 18.2 Å². The van der Waals surface area contributed by atoms with Crippen molar-refractivity contribution in [2.45, 2.75) is 20.0 Å². The predicted molar refractivity (Wildman–Crippen MR) is 71.6 cm³/mol. The summed E-state index contributed by atoms with van der Waals surface area (Å²) in [6, 6.07) is 12.3. The van der Waals surface area contributed by atoms with Crippen LogP contribution in [0.3, 0.4) is 0 Å². The molecular weight excluding hydrogens is 251 g/mol. The van der Waals surface area contributed by atoms with Gasteiger partial charge < -0.3 is 4.74 Å². The van der Waals surface area contributed by atoms with Gasteiger partial charge >= 0.3 is 0 Å². The minimum atomic E-state index is -0.300. The van der Waals surface area contributed by atoms with Crippen molar-refractivity contribution >= 4 is 11.6 Å². The van der Waals surface area contributed by atoms with Gasteiger partial charge in [0.15, 0.2) is 0 Å². The van der Waals surface area contributed by atoms with Gasteiger partial charge in [-0.15, -0.1) is 0 Å². The highest BCUT2D eigenvalue weighted by Crippen LogP contribution is 2.19. The second kappa shape index (κ2) is 5.87. The summed E-state index contributed by atoms with van der Waals surface area (Å²) in [5, 5.41) is 0.511. The first-order chi connectivity index (χ1) is 8.69. The lowest BCUT2D eigenvalue weighted by atomic mass is 10.1. The normalized spacial score (nSPS) is 10.4. The van der Waals surface area contributed by atoms with Crippen LogP contribution in [0.4, 0.5) is 4.39 Å². The summed E-state index contributed by atoms with van der Waals surface area (Å²) in [6.45, 7) is 2.26. The monoisotopic (exact) mass is 264 g/mol. The summed E-state index contributed by atoms with van der Waals surface area (Å²) in [5.74, 6) is 0.444. The SMILES string of the molecule is CCc1cccc(OCc2cc(Cl)ccc2F)c1. The van der Waals surface area contributed by atoms with Gasteiger partial charge in [-0.1, -0.05) is 30.7 Å². The van der Waals surface area contributed by atoms with Gasteiger partial charge in [-0.3, -0.25) is 0 Å². The fourth-order valence-corrected chi connectivity index (χ4v) is 1.86. The number of aryl methyl sites for hydroxylation is 1. The van der Waals surface area contributed by atoms with E-state index in [-0.39, 0.29) is 12.4 Å². The summed E-state index contributed by atoms with van der Waals surface area (Å²) < 4.78 is 19.1. The van der Waals surface area contributed by atoms with E-state index in [4.69, 9.17) is 16.3 Å². The Hall–Kier alpha value is -1.54. The van der Waals surface area contributed by atoms with E-state index in [0.717, 1.165) is 12.2 Å².